The Morgan fingerprint density at radius 1 is 1.10 bits per heavy atom. The summed E-state index contributed by atoms with van der Waals surface area (Å²) in [7, 11) is 0. The van der Waals surface area contributed by atoms with Gasteiger partial charge < -0.3 is 5.32 Å². The van der Waals surface area contributed by atoms with Crippen LogP contribution in [-0.4, -0.2) is 9.55 Å². The first-order valence-corrected chi connectivity index (χ1v) is 7.22. The second-order valence-electron chi connectivity index (χ2n) is 4.21. The number of para-hydroxylation sites is 1. The molecule has 3 aromatic rings. The van der Waals surface area contributed by atoms with Gasteiger partial charge in [0, 0.05) is 27.6 Å². The summed E-state index contributed by atoms with van der Waals surface area (Å²) < 4.78 is 2.90. The maximum Gasteiger partial charge on any atom is 0.212 e. The average Bonchev–Trinajstić information content (AvgIpc) is 2.91. The molecule has 100 valence electrons. The SMILES string of the molecule is Clc1ccc(Br)c(-n2ccnc2Nc2ccccc2)c1. The summed E-state index contributed by atoms with van der Waals surface area (Å²) in [4.78, 5) is 4.35. The molecule has 0 atom stereocenters. The van der Waals surface area contributed by atoms with E-state index in [-0.39, 0.29) is 0 Å². The first-order chi connectivity index (χ1) is 9.74. The quantitative estimate of drug-likeness (QED) is 0.719. The molecule has 1 N–H and O–H groups in total. The number of nitrogens with one attached hydrogen (secondary N) is 1. The molecular weight excluding hydrogens is 338 g/mol. The number of hydrogen-bond acceptors (Lipinski definition) is 2. The zero-order valence-corrected chi connectivity index (χ0v) is 12.8. The van der Waals surface area contributed by atoms with Gasteiger partial charge in [0.2, 0.25) is 5.95 Å². The zero-order chi connectivity index (χ0) is 13.9. The molecule has 1 heterocycles. The number of hydrogen-bond donors (Lipinski definition) is 1. The van der Waals surface area contributed by atoms with Crippen LogP contribution in [0.2, 0.25) is 5.02 Å². The molecule has 20 heavy (non-hydrogen) atoms. The highest BCUT2D eigenvalue weighted by Gasteiger charge is 2.09. The van der Waals surface area contributed by atoms with E-state index in [4.69, 9.17) is 11.6 Å². The highest BCUT2D eigenvalue weighted by atomic mass is 79.9. The fourth-order valence-corrected chi connectivity index (χ4v) is 2.52. The van der Waals surface area contributed by atoms with Crippen molar-refractivity contribution >= 4 is 39.2 Å². The lowest BCUT2D eigenvalue weighted by molar-refractivity contribution is 1.06. The summed E-state index contributed by atoms with van der Waals surface area (Å²) in [5.74, 6) is 0.735. The van der Waals surface area contributed by atoms with Gasteiger partial charge in [0.05, 0.1) is 5.69 Å². The number of rotatable bonds is 3. The molecule has 0 amide bonds. The molecule has 1 aromatic heterocycles. The van der Waals surface area contributed by atoms with Gasteiger partial charge in [-0.25, -0.2) is 4.98 Å². The Morgan fingerprint density at radius 3 is 2.70 bits per heavy atom. The molecular formula is C15H11BrClN3. The van der Waals surface area contributed by atoms with E-state index < -0.39 is 0 Å². The lowest BCUT2D eigenvalue weighted by atomic mass is 10.3. The predicted octanol–water partition coefficient (Wildman–Crippen LogP) is 5.03. The minimum atomic E-state index is 0.683. The van der Waals surface area contributed by atoms with Gasteiger partial charge in [0.15, 0.2) is 0 Å². The van der Waals surface area contributed by atoms with Gasteiger partial charge in [-0.3, -0.25) is 4.57 Å². The van der Waals surface area contributed by atoms with E-state index >= 15 is 0 Å². The van der Waals surface area contributed by atoms with Crippen LogP contribution in [0.5, 0.6) is 0 Å². The van der Waals surface area contributed by atoms with Crippen molar-refractivity contribution in [2.24, 2.45) is 0 Å². The number of nitrogens with zero attached hydrogens (tertiary/aromatic N) is 2. The molecule has 0 spiro atoms. The molecule has 0 bridgehead atoms. The van der Waals surface area contributed by atoms with Gasteiger partial charge >= 0.3 is 0 Å². The zero-order valence-electron chi connectivity index (χ0n) is 10.4. The van der Waals surface area contributed by atoms with Crippen LogP contribution in [-0.2, 0) is 0 Å². The van der Waals surface area contributed by atoms with Gasteiger partial charge in [-0.05, 0) is 46.3 Å². The standard InChI is InChI=1S/C15H11BrClN3/c16-13-7-6-11(17)10-14(13)20-9-8-18-15(20)19-12-4-2-1-3-5-12/h1-10H,(H,18,19). The van der Waals surface area contributed by atoms with Crippen molar-refractivity contribution in [1.82, 2.24) is 9.55 Å². The van der Waals surface area contributed by atoms with Crippen molar-refractivity contribution < 1.29 is 0 Å². The van der Waals surface area contributed by atoms with Crippen LogP contribution >= 0.6 is 27.5 Å². The summed E-state index contributed by atoms with van der Waals surface area (Å²) >= 11 is 9.61. The van der Waals surface area contributed by atoms with Crippen LogP contribution in [0.4, 0.5) is 11.6 Å². The maximum atomic E-state index is 6.07. The predicted molar refractivity (Wildman–Crippen MR) is 86.0 cm³/mol. The van der Waals surface area contributed by atoms with E-state index in [0.717, 1.165) is 21.8 Å². The van der Waals surface area contributed by atoms with E-state index in [1.165, 1.54) is 0 Å². The van der Waals surface area contributed by atoms with E-state index in [9.17, 15) is 0 Å². The van der Waals surface area contributed by atoms with Crippen LogP contribution < -0.4 is 5.32 Å². The Labute approximate surface area is 130 Å². The Kier molecular flexibility index (Phi) is 3.76. The highest BCUT2D eigenvalue weighted by Crippen LogP contribution is 2.27. The van der Waals surface area contributed by atoms with Crippen molar-refractivity contribution in [3.05, 3.63) is 70.4 Å². The third-order valence-electron chi connectivity index (χ3n) is 2.84. The molecule has 0 fully saturated rings. The van der Waals surface area contributed by atoms with Gasteiger partial charge in [-0.2, -0.15) is 0 Å². The Bertz CT molecular complexity index is 725. The fourth-order valence-electron chi connectivity index (χ4n) is 1.91. The molecule has 0 aliphatic rings. The topological polar surface area (TPSA) is 29.9 Å². The van der Waals surface area contributed by atoms with Crippen molar-refractivity contribution in [2.75, 3.05) is 5.32 Å². The molecule has 0 aliphatic heterocycles. The summed E-state index contributed by atoms with van der Waals surface area (Å²) in [5.41, 5.74) is 1.92. The van der Waals surface area contributed by atoms with Crippen molar-refractivity contribution in [2.45, 2.75) is 0 Å². The Morgan fingerprint density at radius 2 is 1.90 bits per heavy atom. The summed E-state index contributed by atoms with van der Waals surface area (Å²) in [5, 5.41) is 3.97. The largest absolute Gasteiger partial charge is 0.325 e. The summed E-state index contributed by atoms with van der Waals surface area (Å²) in [6, 6.07) is 15.6. The smallest absolute Gasteiger partial charge is 0.212 e. The van der Waals surface area contributed by atoms with Crippen LogP contribution in [0, 0.1) is 0 Å². The van der Waals surface area contributed by atoms with Crippen LogP contribution in [0.1, 0.15) is 0 Å². The van der Waals surface area contributed by atoms with E-state index in [2.05, 4.69) is 26.2 Å². The van der Waals surface area contributed by atoms with Gasteiger partial charge in [0.1, 0.15) is 0 Å². The van der Waals surface area contributed by atoms with Crippen molar-refractivity contribution in [1.29, 1.82) is 0 Å². The second-order valence-corrected chi connectivity index (χ2v) is 5.50. The number of aromatic nitrogens is 2. The molecule has 0 aliphatic carbocycles. The van der Waals surface area contributed by atoms with Gasteiger partial charge in [-0.1, -0.05) is 29.8 Å². The fraction of sp³-hybridized carbons (Fsp3) is 0. The monoisotopic (exact) mass is 347 g/mol. The van der Waals surface area contributed by atoms with Gasteiger partial charge in [-0.15, -0.1) is 0 Å². The van der Waals surface area contributed by atoms with Crippen LogP contribution in [0.25, 0.3) is 5.69 Å². The third-order valence-corrected chi connectivity index (χ3v) is 3.74. The number of imidazole rings is 1. The summed E-state index contributed by atoms with van der Waals surface area (Å²) in [6.45, 7) is 0. The van der Waals surface area contributed by atoms with E-state index in [1.54, 1.807) is 6.20 Å². The molecule has 3 nitrogen and oxygen atoms in total. The van der Waals surface area contributed by atoms with Crippen molar-refractivity contribution in [3.63, 3.8) is 0 Å². The minimum absolute atomic E-state index is 0.683. The highest BCUT2D eigenvalue weighted by molar-refractivity contribution is 9.10. The number of halogens is 2. The number of anilines is 2. The molecule has 0 radical (unpaired) electrons. The lowest BCUT2D eigenvalue weighted by Crippen LogP contribution is -2.01. The van der Waals surface area contributed by atoms with Crippen LogP contribution in [0.3, 0.4) is 0 Å². The third kappa shape index (κ3) is 2.71. The second kappa shape index (κ2) is 5.69. The molecule has 3 rings (SSSR count). The summed E-state index contributed by atoms with van der Waals surface area (Å²) in [6.07, 6.45) is 3.64. The average molecular weight is 349 g/mol. The van der Waals surface area contributed by atoms with E-state index in [1.807, 2.05) is 59.3 Å². The molecule has 0 unspecified atom stereocenters. The molecule has 5 heteroatoms. The molecule has 2 aromatic carbocycles. The van der Waals surface area contributed by atoms with Gasteiger partial charge in [0.25, 0.3) is 0 Å². The molecule has 0 saturated carbocycles. The lowest BCUT2D eigenvalue weighted by Gasteiger charge is -2.11. The first-order valence-electron chi connectivity index (χ1n) is 6.05. The maximum absolute atomic E-state index is 6.07. The first kappa shape index (κ1) is 13.2. The van der Waals surface area contributed by atoms with Crippen molar-refractivity contribution in [3.8, 4) is 5.69 Å². The van der Waals surface area contributed by atoms with E-state index in [0.29, 0.717) is 5.02 Å². The molecule has 0 saturated heterocycles. The normalized spacial score (nSPS) is 10.5. The number of benzene rings is 2. The Hall–Kier alpha value is -1.78. The minimum Gasteiger partial charge on any atom is -0.325 e. The Balaban J connectivity index is 2.00. The van der Waals surface area contributed by atoms with Crippen LogP contribution in [0.15, 0.2) is 65.4 Å².